The van der Waals surface area contributed by atoms with Crippen molar-refractivity contribution in [3.05, 3.63) is 0 Å². The van der Waals surface area contributed by atoms with Crippen LogP contribution in [0, 0.1) is 5.92 Å². The molecule has 1 saturated heterocycles. The molecule has 2 heteroatoms. The van der Waals surface area contributed by atoms with Crippen LogP contribution in [0.5, 0.6) is 0 Å². The van der Waals surface area contributed by atoms with Gasteiger partial charge in [0.05, 0.1) is 0 Å². The van der Waals surface area contributed by atoms with E-state index in [-0.39, 0.29) is 0 Å². The molecule has 0 bridgehead atoms. The van der Waals surface area contributed by atoms with Crippen LogP contribution in [0.3, 0.4) is 0 Å². The fourth-order valence-electron chi connectivity index (χ4n) is 2.41. The predicted octanol–water partition coefficient (Wildman–Crippen LogP) is 2.23. The molecule has 0 radical (unpaired) electrons. The first-order valence-electron chi connectivity index (χ1n) is 6.18. The average Bonchev–Trinajstić information content (AvgIpc) is 2.48. The van der Waals surface area contributed by atoms with Gasteiger partial charge in [-0.05, 0) is 18.8 Å². The van der Waals surface area contributed by atoms with Gasteiger partial charge in [0.2, 0.25) is 0 Å². The van der Waals surface area contributed by atoms with E-state index in [1.54, 1.807) is 0 Å². The molecular weight excluding hydrogens is 172 g/mol. The molecule has 0 spiro atoms. The van der Waals surface area contributed by atoms with Crippen molar-refractivity contribution in [2.24, 2.45) is 11.7 Å². The Labute approximate surface area is 88.8 Å². The molecule has 1 aliphatic rings. The van der Waals surface area contributed by atoms with E-state index in [1.807, 2.05) is 0 Å². The molecule has 0 amide bonds. The zero-order valence-electron chi connectivity index (χ0n) is 10.00. The molecule has 0 saturated carbocycles. The quantitative estimate of drug-likeness (QED) is 0.734. The lowest BCUT2D eigenvalue weighted by atomic mass is 10.1. The van der Waals surface area contributed by atoms with Crippen molar-refractivity contribution in [1.82, 2.24) is 4.90 Å². The Bertz CT molecular complexity index is 148. The lowest BCUT2D eigenvalue weighted by Gasteiger charge is -2.26. The van der Waals surface area contributed by atoms with Gasteiger partial charge in [0.15, 0.2) is 0 Å². The largest absolute Gasteiger partial charge is 0.326 e. The monoisotopic (exact) mass is 198 g/mol. The minimum atomic E-state index is 0.408. The first-order chi connectivity index (χ1) is 6.69. The van der Waals surface area contributed by atoms with Gasteiger partial charge in [-0.15, -0.1) is 0 Å². The second-order valence-electron chi connectivity index (χ2n) is 4.80. The highest BCUT2D eigenvalue weighted by Crippen LogP contribution is 2.21. The van der Waals surface area contributed by atoms with Crippen LogP contribution in [0.4, 0.5) is 0 Å². The fourth-order valence-corrected chi connectivity index (χ4v) is 2.41. The zero-order valence-corrected chi connectivity index (χ0v) is 10.00. The summed E-state index contributed by atoms with van der Waals surface area (Å²) in [5.41, 5.74) is 6.05. The molecule has 3 unspecified atom stereocenters. The van der Waals surface area contributed by atoms with Crippen LogP contribution < -0.4 is 5.73 Å². The van der Waals surface area contributed by atoms with Crippen LogP contribution in [0.15, 0.2) is 0 Å². The third kappa shape index (κ3) is 2.96. The lowest BCUT2D eigenvalue weighted by molar-refractivity contribution is 0.213. The average molecular weight is 198 g/mol. The number of likely N-dealkylation sites (tertiary alicyclic amines) is 1. The van der Waals surface area contributed by atoms with Crippen molar-refractivity contribution in [2.45, 2.75) is 58.5 Å². The molecule has 1 rings (SSSR count). The molecule has 14 heavy (non-hydrogen) atoms. The van der Waals surface area contributed by atoms with E-state index in [0.29, 0.717) is 12.0 Å². The summed E-state index contributed by atoms with van der Waals surface area (Å²) in [5.74, 6) is 0.686. The molecule has 1 fully saturated rings. The predicted molar refractivity (Wildman–Crippen MR) is 62.3 cm³/mol. The summed E-state index contributed by atoms with van der Waals surface area (Å²) in [6.45, 7) is 9.17. The molecule has 0 aromatic carbocycles. The molecule has 0 aliphatic carbocycles. The Morgan fingerprint density at radius 3 is 2.50 bits per heavy atom. The van der Waals surface area contributed by atoms with Gasteiger partial charge >= 0.3 is 0 Å². The third-order valence-electron chi connectivity index (χ3n) is 3.58. The number of hydrogen-bond acceptors (Lipinski definition) is 2. The fraction of sp³-hybridized carbons (Fsp3) is 1.00. The molecular formula is C12H26N2. The molecule has 1 heterocycles. The van der Waals surface area contributed by atoms with Crippen LogP contribution in [0.25, 0.3) is 0 Å². The molecule has 2 nitrogen and oxygen atoms in total. The van der Waals surface area contributed by atoms with Crippen molar-refractivity contribution < 1.29 is 0 Å². The summed E-state index contributed by atoms with van der Waals surface area (Å²) in [6.07, 6.45) is 5.30. The highest BCUT2D eigenvalue weighted by atomic mass is 15.2. The Hall–Kier alpha value is -0.0800. The van der Waals surface area contributed by atoms with Crippen LogP contribution >= 0.6 is 0 Å². The Kier molecular flexibility index (Phi) is 4.90. The Morgan fingerprint density at radius 2 is 2.07 bits per heavy atom. The van der Waals surface area contributed by atoms with Gasteiger partial charge in [-0.25, -0.2) is 0 Å². The van der Waals surface area contributed by atoms with Gasteiger partial charge in [0, 0.05) is 25.2 Å². The van der Waals surface area contributed by atoms with Crippen LogP contribution in [-0.2, 0) is 0 Å². The highest BCUT2D eigenvalue weighted by molar-refractivity contribution is 4.87. The van der Waals surface area contributed by atoms with Gasteiger partial charge in [-0.1, -0.05) is 33.6 Å². The molecule has 0 aromatic rings. The number of nitrogens with two attached hydrogens (primary N) is 1. The molecule has 84 valence electrons. The highest BCUT2D eigenvalue weighted by Gasteiger charge is 2.30. The van der Waals surface area contributed by atoms with E-state index >= 15 is 0 Å². The molecule has 1 aliphatic heterocycles. The maximum Gasteiger partial charge on any atom is 0.0206 e. The van der Waals surface area contributed by atoms with Crippen LogP contribution in [-0.4, -0.2) is 30.1 Å². The summed E-state index contributed by atoms with van der Waals surface area (Å²) >= 11 is 0. The van der Waals surface area contributed by atoms with Crippen molar-refractivity contribution in [2.75, 3.05) is 13.1 Å². The van der Waals surface area contributed by atoms with Crippen molar-refractivity contribution in [3.63, 3.8) is 0 Å². The first-order valence-corrected chi connectivity index (χ1v) is 6.18. The van der Waals surface area contributed by atoms with Gasteiger partial charge in [-0.2, -0.15) is 0 Å². The lowest BCUT2D eigenvalue weighted by Crippen LogP contribution is -2.35. The van der Waals surface area contributed by atoms with Gasteiger partial charge < -0.3 is 5.73 Å². The third-order valence-corrected chi connectivity index (χ3v) is 3.58. The normalized spacial score (nSPS) is 30.9. The van der Waals surface area contributed by atoms with Gasteiger partial charge in [0.25, 0.3) is 0 Å². The van der Waals surface area contributed by atoms with E-state index in [2.05, 4.69) is 25.7 Å². The maximum atomic E-state index is 6.05. The minimum Gasteiger partial charge on any atom is -0.326 e. The Balaban J connectivity index is 2.37. The van der Waals surface area contributed by atoms with Crippen LogP contribution in [0.1, 0.15) is 46.5 Å². The number of rotatable bonds is 5. The van der Waals surface area contributed by atoms with Crippen molar-refractivity contribution >= 4 is 0 Å². The van der Waals surface area contributed by atoms with E-state index in [9.17, 15) is 0 Å². The van der Waals surface area contributed by atoms with Crippen molar-refractivity contribution in [1.29, 1.82) is 0 Å². The summed E-state index contributed by atoms with van der Waals surface area (Å²) < 4.78 is 0. The maximum absolute atomic E-state index is 6.05. The minimum absolute atomic E-state index is 0.408. The summed E-state index contributed by atoms with van der Waals surface area (Å²) in [5, 5.41) is 0. The first kappa shape index (κ1) is 12.0. The molecule has 0 aromatic heterocycles. The number of nitrogens with zero attached hydrogens (tertiary/aromatic N) is 1. The van der Waals surface area contributed by atoms with E-state index in [1.165, 1.54) is 32.2 Å². The zero-order chi connectivity index (χ0) is 10.6. The SMILES string of the molecule is CCCCC(CC)N1CC(C)C(N)C1. The summed E-state index contributed by atoms with van der Waals surface area (Å²) in [4.78, 5) is 2.60. The van der Waals surface area contributed by atoms with E-state index < -0.39 is 0 Å². The van der Waals surface area contributed by atoms with Crippen molar-refractivity contribution in [3.8, 4) is 0 Å². The van der Waals surface area contributed by atoms with Gasteiger partial charge in [-0.3, -0.25) is 4.90 Å². The smallest absolute Gasteiger partial charge is 0.0206 e. The number of unbranched alkanes of at least 4 members (excludes halogenated alkanes) is 1. The Morgan fingerprint density at radius 1 is 1.36 bits per heavy atom. The molecule has 2 N–H and O–H groups in total. The van der Waals surface area contributed by atoms with E-state index in [4.69, 9.17) is 5.73 Å². The standard InChI is InChI=1S/C12H26N2/c1-4-6-7-11(5-2)14-8-10(3)12(13)9-14/h10-12H,4-9,13H2,1-3H3. The second kappa shape index (κ2) is 5.72. The van der Waals surface area contributed by atoms with Crippen LogP contribution in [0.2, 0.25) is 0 Å². The topological polar surface area (TPSA) is 29.3 Å². The number of hydrogen-bond donors (Lipinski definition) is 1. The second-order valence-corrected chi connectivity index (χ2v) is 4.80. The molecule has 3 atom stereocenters. The van der Waals surface area contributed by atoms with E-state index in [0.717, 1.165) is 12.6 Å². The van der Waals surface area contributed by atoms with Gasteiger partial charge in [0.1, 0.15) is 0 Å². The summed E-state index contributed by atoms with van der Waals surface area (Å²) in [6, 6.07) is 1.19. The summed E-state index contributed by atoms with van der Waals surface area (Å²) in [7, 11) is 0.